The molecule has 26 heavy (non-hydrogen) atoms. The maximum Gasteiger partial charge on any atom is 0.0976 e. The van der Waals surface area contributed by atoms with Crippen molar-refractivity contribution in [2.24, 2.45) is 0 Å². The largest absolute Gasteiger partial charge is 0.372 e. The van der Waals surface area contributed by atoms with Gasteiger partial charge in [-0.1, -0.05) is 25.1 Å². The lowest BCUT2D eigenvalue weighted by Gasteiger charge is -2.40. The second-order valence-electron chi connectivity index (χ2n) is 7.50. The zero-order chi connectivity index (χ0) is 18.1. The summed E-state index contributed by atoms with van der Waals surface area (Å²) in [7, 11) is 4.41. The minimum atomic E-state index is 0.0764. The van der Waals surface area contributed by atoms with E-state index in [4.69, 9.17) is 4.74 Å². The monoisotopic (exact) mass is 368 g/mol. The molecule has 1 aliphatic heterocycles. The van der Waals surface area contributed by atoms with Crippen LogP contribution < -0.4 is 0 Å². The third-order valence-electron chi connectivity index (χ3n) is 6.16. The first-order valence-electron chi connectivity index (χ1n) is 9.57. The molecule has 2 atom stereocenters. The van der Waals surface area contributed by atoms with Gasteiger partial charge in [0.2, 0.25) is 0 Å². The lowest BCUT2D eigenvalue weighted by molar-refractivity contribution is 0.0168. The standard InChI is InChI=1S/C22H28N2OS/c1-4-22(24(2)3,16-11-14-26-15-16)12-9-20-21-18(10-13-25-20)17-7-5-6-8-19(17)23-21/h5-8,11,14-15,20,23H,4,9-10,12-13H2,1-3H3. The van der Waals surface area contributed by atoms with Gasteiger partial charge in [0, 0.05) is 22.1 Å². The Balaban J connectivity index is 1.62. The molecule has 3 aromatic rings. The van der Waals surface area contributed by atoms with Crippen LogP contribution >= 0.6 is 11.3 Å². The SMILES string of the molecule is CCC(CCC1OCCc2c1[nH]c1ccccc21)(c1ccsc1)N(C)C. The third kappa shape index (κ3) is 2.90. The normalized spacial score (nSPS) is 19.6. The van der Waals surface area contributed by atoms with Crippen molar-refractivity contribution in [3.63, 3.8) is 0 Å². The number of aromatic amines is 1. The zero-order valence-electron chi connectivity index (χ0n) is 15.9. The van der Waals surface area contributed by atoms with E-state index in [1.165, 1.54) is 27.7 Å². The second kappa shape index (κ2) is 7.18. The van der Waals surface area contributed by atoms with E-state index in [0.717, 1.165) is 32.3 Å². The van der Waals surface area contributed by atoms with E-state index in [9.17, 15) is 0 Å². The molecular weight excluding hydrogens is 340 g/mol. The van der Waals surface area contributed by atoms with Crippen molar-refractivity contribution in [1.29, 1.82) is 0 Å². The van der Waals surface area contributed by atoms with Gasteiger partial charge in [-0.3, -0.25) is 4.90 Å². The smallest absolute Gasteiger partial charge is 0.0976 e. The molecule has 4 heteroatoms. The van der Waals surface area contributed by atoms with Crippen molar-refractivity contribution in [1.82, 2.24) is 9.88 Å². The van der Waals surface area contributed by atoms with Gasteiger partial charge in [0.05, 0.1) is 12.7 Å². The first kappa shape index (κ1) is 17.8. The highest BCUT2D eigenvalue weighted by atomic mass is 32.1. The molecule has 0 amide bonds. The molecule has 2 aromatic heterocycles. The summed E-state index contributed by atoms with van der Waals surface area (Å²) in [6, 6.07) is 10.9. The number of thiophene rings is 1. The van der Waals surface area contributed by atoms with Gasteiger partial charge in [0.15, 0.2) is 0 Å². The molecule has 1 N–H and O–H groups in total. The summed E-state index contributed by atoms with van der Waals surface area (Å²) >= 11 is 1.79. The predicted molar refractivity (Wildman–Crippen MR) is 110 cm³/mol. The van der Waals surface area contributed by atoms with Crippen molar-refractivity contribution in [2.75, 3.05) is 20.7 Å². The van der Waals surface area contributed by atoms with E-state index >= 15 is 0 Å². The number of hydrogen-bond acceptors (Lipinski definition) is 3. The van der Waals surface area contributed by atoms with Gasteiger partial charge in [-0.15, -0.1) is 0 Å². The molecule has 4 rings (SSSR count). The number of ether oxygens (including phenoxy) is 1. The van der Waals surface area contributed by atoms with Gasteiger partial charge in [-0.25, -0.2) is 0 Å². The van der Waals surface area contributed by atoms with Crippen molar-refractivity contribution in [3.8, 4) is 0 Å². The number of nitrogens with zero attached hydrogens (tertiary/aromatic N) is 1. The molecule has 138 valence electrons. The minimum Gasteiger partial charge on any atom is -0.372 e. The number of fused-ring (bicyclic) bond motifs is 3. The summed E-state index contributed by atoms with van der Waals surface area (Å²) in [6.07, 6.45) is 4.39. The molecule has 0 fully saturated rings. The average Bonchev–Trinajstić information content (AvgIpc) is 3.31. The molecule has 1 aliphatic rings. The third-order valence-corrected chi connectivity index (χ3v) is 6.84. The van der Waals surface area contributed by atoms with Crippen LogP contribution in [0.2, 0.25) is 0 Å². The molecule has 3 heterocycles. The Morgan fingerprint density at radius 2 is 2.12 bits per heavy atom. The van der Waals surface area contributed by atoms with E-state index in [1.54, 1.807) is 11.3 Å². The van der Waals surface area contributed by atoms with E-state index in [-0.39, 0.29) is 11.6 Å². The van der Waals surface area contributed by atoms with Crippen LogP contribution in [0.1, 0.15) is 49.1 Å². The molecule has 0 radical (unpaired) electrons. The van der Waals surface area contributed by atoms with E-state index in [2.05, 4.69) is 72.0 Å². The van der Waals surface area contributed by atoms with Crippen LogP contribution in [0.5, 0.6) is 0 Å². The van der Waals surface area contributed by atoms with Gasteiger partial charge in [-0.05, 0) is 73.8 Å². The van der Waals surface area contributed by atoms with E-state index < -0.39 is 0 Å². The molecule has 1 aromatic carbocycles. The Morgan fingerprint density at radius 1 is 1.27 bits per heavy atom. The van der Waals surface area contributed by atoms with Crippen molar-refractivity contribution >= 4 is 22.2 Å². The fraction of sp³-hybridized carbons (Fsp3) is 0.455. The van der Waals surface area contributed by atoms with Gasteiger partial charge in [0.25, 0.3) is 0 Å². The topological polar surface area (TPSA) is 28.3 Å². The van der Waals surface area contributed by atoms with Crippen LogP contribution in [-0.2, 0) is 16.7 Å². The second-order valence-corrected chi connectivity index (χ2v) is 8.28. The Kier molecular flexibility index (Phi) is 4.91. The highest BCUT2D eigenvalue weighted by Crippen LogP contribution is 2.41. The highest BCUT2D eigenvalue weighted by Gasteiger charge is 2.35. The van der Waals surface area contributed by atoms with Crippen LogP contribution in [0.3, 0.4) is 0 Å². The lowest BCUT2D eigenvalue weighted by Crippen LogP contribution is -2.41. The average molecular weight is 369 g/mol. The number of aromatic nitrogens is 1. The first-order chi connectivity index (χ1) is 12.7. The summed E-state index contributed by atoms with van der Waals surface area (Å²) < 4.78 is 6.22. The van der Waals surface area contributed by atoms with Gasteiger partial charge < -0.3 is 9.72 Å². The van der Waals surface area contributed by atoms with Crippen molar-refractivity contribution in [2.45, 2.75) is 44.2 Å². The van der Waals surface area contributed by atoms with Gasteiger partial charge >= 0.3 is 0 Å². The molecule has 0 bridgehead atoms. The molecule has 0 spiro atoms. The number of para-hydroxylation sites is 1. The van der Waals surface area contributed by atoms with E-state index in [0.29, 0.717) is 0 Å². The van der Waals surface area contributed by atoms with Gasteiger partial charge in [0.1, 0.15) is 0 Å². The fourth-order valence-corrected chi connectivity index (χ4v) is 5.35. The summed E-state index contributed by atoms with van der Waals surface area (Å²) in [5.74, 6) is 0. The van der Waals surface area contributed by atoms with Crippen LogP contribution in [-0.4, -0.2) is 30.6 Å². The quantitative estimate of drug-likeness (QED) is 0.623. The van der Waals surface area contributed by atoms with Crippen LogP contribution in [0.25, 0.3) is 10.9 Å². The number of hydrogen-bond donors (Lipinski definition) is 1. The predicted octanol–water partition coefficient (Wildman–Crippen LogP) is 5.49. The number of rotatable bonds is 6. The van der Waals surface area contributed by atoms with E-state index in [1.807, 2.05) is 0 Å². The maximum atomic E-state index is 6.22. The van der Waals surface area contributed by atoms with Crippen molar-refractivity contribution in [3.05, 3.63) is 57.9 Å². The maximum absolute atomic E-state index is 6.22. The highest BCUT2D eigenvalue weighted by molar-refractivity contribution is 7.08. The number of nitrogens with one attached hydrogen (secondary N) is 1. The molecule has 0 saturated heterocycles. The fourth-order valence-electron chi connectivity index (χ4n) is 4.60. The molecular formula is C22H28N2OS. The number of H-pyrrole nitrogens is 1. The molecule has 0 aliphatic carbocycles. The lowest BCUT2D eigenvalue weighted by atomic mass is 9.82. The summed E-state index contributed by atoms with van der Waals surface area (Å²) in [5, 5.41) is 5.86. The first-order valence-corrected chi connectivity index (χ1v) is 10.5. The Hall–Kier alpha value is -1.62. The Labute approximate surface area is 160 Å². The molecule has 2 unspecified atom stereocenters. The summed E-state index contributed by atoms with van der Waals surface area (Å²) in [4.78, 5) is 6.04. The van der Waals surface area contributed by atoms with Crippen molar-refractivity contribution < 1.29 is 4.74 Å². The summed E-state index contributed by atoms with van der Waals surface area (Å²) in [6.45, 7) is 3.12. The van der Waals surface area contributed by atoms with Crippen LogP contribution in [0, 0.1) is 0 Å². The Morgan fingerprint density at radius 3 is 2.85 bits per heavy atom. The van der Waals surface area contributed by atoms with Gasteiger partial charge in [-0.2, -0.15) is 11.3 Å². The van der Waals surface area contributed by atoms with Crippen LogP contribution in [0.15, 0.2) is 41.1 Å². The molecule has 3 nitrogen and oxygen atoms in total. The summed E-state index contributed by atoms with van der Waals surface area (Å²) in [5.41, 5.74) is 5.50. The Bertz CT molecular complexity index is 868. The van der Waals surface area contributed by atoms with Crippen LogP contribution in [0.4, 0.5) is 0 Å². The zero-order valence-corrected chi connectivity index (χ0v) is 16.7. The number of benzene rings is 1. The minimum absolute atomic E-state index is 0.0764. The molecule has 0 saturated carbocycles.